The van der Waals surface area contributed by atoms with Gasteiger partial charge in [0.1, 0.15) is 6.61 Å². The van der Waals surface area contributed by atoms with Crippen LogP contribution in [0.5, 0.6) is 0 Å². The summed E-state index contributed by atoms with van der Waals surface area (Å²) in [7, 11) is 0. The van der Waals surface area contributed by atoms with Crippen molar-refractivity contribution in [3.63, 3.8) is 0 Å². The molecular weight excluding hydrogens is 210 g/mol. The van der Waals surface area contributed by atoms with Crippen molar-refractivity contribution in [3.05, 3.63) is 0 Å². The van der Waals surface area contributed by atoms with Gasteiger partial charge in [-0.05, 0) is 12.8 Å². The molecule has 2 heterocycles. The lowest BCUT2D eigenvalue weighted by Crippen LogP contribution is -2.56. The molecule has 1 amide bonds. The molecule has 2 saturated heterocycles. The molecule has 3 rings (SSSR count). The van der Waals surface area contributed by atoms with Crippen molar-refractivity contribution >= 4 is 5.91 Å². The Bertz CT molecular complexity index is 276. The quantitative estimate of drug-likeness (QED) is 0.642. The molecule has 0 unspecified atom stereocenters. The van der Waals surface area contributed by atoms with Gasteiger partial charge in [-0.3, -0.25) is 4.79 Å². The van der Waals surface area contributed by atoms with Crippen molar-refractivity contribution in [2.75, 3.05) is 26.4 Å². The number of nitrogens with one attached hydrogen (secondary N) is 1. The fraction of sp³-hybridized carbons (Fsp3) is 0.909. The summed E-state index contributed by atoms with van der Waals surface area (Å²) in [5.41, 5.74) is -0.172. The van der Waals surface area contributed by atoms with Crippen molar-refractivity contribution in [2.24, 2.45) is 0 Å². The number of amides is 1. The van der Waals surface area contributed by atoms with Crippen LogP contribution in [0.4, 0.5) is 0 Å². The summed E-state index contributed by atoms with van der Waals surface area (Å²) in [5.74, 6) is -0.366. The summed E-state index contributed by atoms with van der Waals surface area (Å²) >= 11 is 0. The first-order chi connectivity index (χ1) is 7.72. The molecule has 0 aromatic rings. The Kier molecular flexibility index (Phi) is 2.42. The molecule has 5 heteroatoms. The Hall–Kier alpha value is -0.650. The zero-order valence-electron chi connectivity index (χ0n) is 9.29. The van der Waals surface area contributed by atoms with Gasteiger partial charge in [0.2, 0.25) is 5.91 Å². The van der Waals surface area contributed by atoms with E-state index in [1.807, 2.05) is 0 Å². The smallest absolute Gasteiger partial charge is 0.246 e. The normalized spacial score (nSPS) is 31.9. The Morgan fingerprint density at radius 1 is 1.00 bits per heavy atom. The van der Waals surface area contributed by atoms with E-state index < -0.39 is 0 Å². The molecule has 0 aromatic carbocycles. The minimum Gasteiger partial charge on any atom is -0.363 e. The third-order valence-electron chi connectivity index (χ3n) is 3.85. The highest BCUT2D eigenvalue weighted by Gasteiger charge is 2.48. The highest BCUT2D eigenvalue weighted by atomic mass is 16.7. The van der Waals surface area contributed by atoms with Crippen LogP contribution in [-0.4, -0.2) is 43.7 Å². The van der Waals surface area contributed by atoms with Crippen LogP contribution in [0, 0.1) is 0 Å². The van der Waals surface area contributed by atoms with Gasteiger partial charge in [0.15, 0.2) is 5.79 Å². The van der Waals surface area contributed by atoms with Crippen molar-refractivity contribution in [2.45, 2.75) is 37.1 Å². The predicted molar refractivity (Wildman–Crippen MR) is 54.8 cm³/mol. The van der Waals surface area contributed by atoms with E-state index >= 15 is 0 Å². The topological polar surface area (TPSA) is 56.8 Å². The van der Waals surface area contributed by atoms with Crippen LogP contribution in [0.2, 0.25) is 0 Å². The van der Waals surface area contributed by atoms with E-state index in [1.54, 1.807) is 0 Å². The molecule has 1 aliphatic carbocycles. The molecule has 3 fully saturated rings. The van der Waals surface area contributed by atoms with E-state index in [-0.39, 0.29) is 23.9 Å². The number of rotatable bonds is 0. The summed E-state index contributed by atoms with van der Waals surface area (Å²) in [6, 6.07) is 0. The average molecular weight is 227 g/mol. The van der Waals surface area contributed by atoms with Crippen LogP contribution >= 0.6 is 0 Å². The molecule has 0 aromatic heterocycles. The summed E-state index contributed by atoms with van der Waals surface area (Å²) in [6.07, 6.45) is 3.52. The SMILES string of the molecule is O=C1COC2(CCC3(CC2)OCCO3)CN1. The Balaban J connectivity index is 1.63. The van der Waals surface area contributed by atoms with Gasteiger partial charge in [-0.2, -0.15) is 0 Å². The number of hydrogen-bond acceptors (Lipinski definition) is 4. The lowest BCUT2D eigenvalue weighted by Gasteiger charge is -2.45. The molecule has 0 atom stereocenters. The van der Waals surface area contributed by atoms with Gasteiger partial charge in [-0.15, -0.1) is 0 Å². The Labute approximate surface area is 94.4 Å². The predicted octanol–water partition coefficient (Wildman–Crippen LogP) is 0.189. The van der Waals surface area contributed by atoms with Crippen LogP contribution in [0.15, 0.2) is 0 Å². The summed E-state index contributed by atoms with van der Waals surface area (Å²) in [5, 5.41) is 2.88. The van der Waals surface area contributed by atoms with Crippen LogP contribution < -0.4 is 5.32 Å². The number of carbonyl (C=O) groups excluding carboxylic acids is 1. The maximum atomic E-state index is 11.1. The highest BCUT2D eigenvalue weighted by Crippen LogP contribution is 2.42. The maximum Gasteiger partial charge on any atom is 0.246 e. The molecule has 1 N–H and O–H groups in total. The third kappa shape index (κ3) is 1.73. The molecule has 2 spiro atoms. The zero-order chi connectivity index (χ0) is 11.1. The summed E-state index contributed by atoms with van der Waals surface area (Å²) < 4.78 is 17.0. The van der Waals surface area contributed by atoms with Crippen LogP contribution in [0.1, 0.15) is 25.7 Å². The molecule has 90 valence electrons. The second kappa shape index (κ2) is 3.68. The second-order valence-corrected chi connectivity index (χ2v) is 4.86. The highest BCUT2D eigenvalue weighted by molar-refractivity contribution is 5.78. The van der Waals surface area contributed by atoms with Crippen molar-refractivity contribution < 1.29 is 19.0 Å². The third-order valence-corrected chi connectivity index (χ3v) is 3.85. The Morgan fingerprint density at radius 2 is 1.69 bits per heavy atom. The standard InChI is InChI=1S/C11H17NO4/c13-9-7-16-10(8-12-9)1-3-11(4-2-10)14-5-6-15-11/h1-8H2,(H,12,13). The molecule has 16 heavy (non-hydrogen) atoms. The molecule has 2 aliphatic heterocycles. The first-order valence-corrected chi connectivity index (χ1v) is 5.91. The minimum absolute atomic E-state index is 0.0146. The van der Waals surface area contributed by atoms with E-state index in [4.69, 9.17) is 14.2 Å². The van der Waals surface area contributed by atoms with Crippen LogP contribution in [0.3, 0.4) is 0 Å². The molecule has 5 nitrogen and oxygen atoms in total. The van der Waals surface area contributed by atoms with Crippen molar-refractivity contribution in [1.29, 1.82) is 0 Å². The number of hydrogen-bond donors (Lipinski definition) is 1. The van der Waals surface area contributed by atoms with Gasteiger partial charge < -0.3 is 19.5 Å². The fourth-order valence-corrected chi connectivity index (χ4v) is 2.77. The van der Waals surface area contributed by atoms with E-state index in [1.165, 1.54) is 0 Å². The maximum absolute atomic E-state index is 11.1. The van der Waals surface area contributed by atoms with Gasteiger partial charge in [0.05, 0.1) is 18.8 Å². The van der Waals surface area contributed by atoms with Gasteiger partial charge in [-0.1, -0.05) is 0 Å². The molecular formula is C11H17NO4. The second-order valence-electron chi connectivity index (χ2n) is 4.86. The monoisotopic (exact) mass is 227 g/mol. The molecule has 0 bridgehead atoms. The number of morpholine rings is 1. The number of ether oxygens (including phenoxy) is 3. The molecule has 3 aliphatic rings. The van der Waals surface area contributed by atoms with Gasteiger partial charge in [0.25, 0.3) is 0 Å². The Morgan fingerprint density at radius 3 is 2.25 bits per heavy atom. The lowest BCUT2D eigenvalue weighted by atomic mass is 9.80. The van der Waals surface area contributed by atoms with Gasteiger partial charge in [0, 0.05) is 19.4 Å². The van der Waals surface area contributed by atoms with E-state index in [0.717, 1.165) is 25.7 Å². The van der Waals surface area contributed by atoms with Gasteiger partial charge in [-0.25, -0.2) is 0 Å². The van der Waals surface area contributed by atoms with E-state index in [9.17, 15) is 4.79 Å². The van der Waals surface area contributed by atoms with Crippen LogP contribution in [-0.2, 0) is 19.0 Å². The number of carbonyl (C=O) groups is 1. The first kappa shape index (κ1) is 10.5. The molecule has 0 radical (unpaired) electrons. The molecule has 1 saturated carbocycles. The largest absolute Gasteiger partial charge is 0.363 e. The van der Waals surface area contributed by atoms with Crippen molar-refractivity contribution in [3.8, 4) is 0 Å². The lowest BCUT2D eigenvalue weighted by molar-refractivity contribution is -0.213. The first-order valence-electron chi connectivity index (χ1n) is 5.91. The van der Waals surface area contributed by atoms with Gasteiger partial charge >= 0.3 is 0 Å². The van der Waals surface area contributed by atoms with Crippen LogP contribution in [0.25, 0.3) is 0 Å². The zero-order valence-corrected chi connectivity index (χ0v) is 9.29. The summed E-state index contributed by atoms with van der Waals surface area (Å²) in [6.45, 7) is 2.21. The average Bonchev–Trinajstić information content (AvgIpc) is 2.76. The van der Waals surface area contributed by atoms with E-state index in [0.29, 0.717) is 19.8 Å². The summed E-state index contributed by atoms with van der Waals surface area (Å²) in [4.78, 5) is 11.1. The fourth-order valence-electron chi connectivity index (χ4n) is 2.77. The minimum atomic E-state index is -0.351. The van der Waals surface area contributed by atoms with Crippen molar-refractivity contribution in [1.82, 2.24) is 5.32 Å². The van der Waals surface area contributed by atoms with E-state index in [2.05, 4.69) is 5.32 Å².